The molecule has 2 N–H and O–H groups in total. The molecule has 0 saturated carbocycles. The lowest BCUT2D eigenvalue weighted by Gasteiger charge is -2.10. The van der Waals surface area contributed by atoms with Crippen LogP contribution < -0.4 is 10.6 Å². The second-order valence-electron chi connectivity index (χ2n) is 4.69. The van der Waals surface area contributed by atoms with Crippen LogP contribution in [0, 0.1) is 10.1 Å². The predicted octanol–water partition coefficient (Wildman–Crippen LogP) is 3.81. The van der Waals surface area contributed by atoms with E-state index in [4.69, 9.17) is 17.0 Å². The first-order valence-electron chi connectivity index (χ1n) is 6.98. The van der Waals surface area contributed by atoms with Gasteiger partial charge in [0, 0.05) is 22.7 Å². The van der Waals surface area contributed by atoms with Crippen LogP contribution in [0.4, 0.5) is 16.4 Å². The van der Waals surface area contributed by atoms with Gasteiger partial charge in [-0.15, -0.1) is 11.3 Å². The Morgan fingerprint density at radius 3 is 2.75 bits per heavy atom. The van der Waals surface area contributed by atoms with Crippen molar-refractivity contribution >= 4 is 51.0 Å². The van der Waals surface area contributed by atoms with Crippen molar-refractivity contribution in [1.29, 1.82) is 0 Å². The third kappa shape index (κ3) is 4.27. The molecular formula is C15H15N3O4S2. The van der Waals surface area contributed by atoms with E-state index in [9.17, 15) is 14.9 Å². The molecule has 1 aromatic carbocycles. The molecule has 0 atom stereocenters. The summed E-state index contributed by atoms with van der Waals surface area (Å²) >= 11 is 6.62. The van der Waals surface area contributed by atoms with Gasteiger partial charge in [0.25, 0.3) is 5.69 Å². The number of hydrogen-bond acceptors (Lipinski definition) is 6. The van der Waals surface area contributed by atoms with Crippen molar-refractivity contribution in [2.45, 2.75) is 13.3 Å². The number of benzene rings is 1. The molecule has 9 heteroatoms. The Morgan fingerprint density at radius 1 is 1.38 bits per heavy atom. The first-order valence-corrected chi connectivity index (χ1v) is 8.20. The average Bonchev–Trinajstić information content (AvgIpc) is 2.97. The van der Waals surface area contributed by atoms with E-state index in [-0.39, 0.29) is 10.8 Å². The second-order valence-corrected chi connectivity index (χ2v) is 6.23. The van der Waals surface area contributed by atoms with Crippen LogP contribution in [-0.4, -0.2) is 23.1 Å². The number of nitrogens with zero attached hydrogens (tertiary/aromatic N) is 1. The van der Waals surface area contributed by atoms with E-state index in [1.807, 2.05) is 6.92 Å². The van der Waals surface area contributed by atoms with Gasteiger partial charge in [-0.25, -0.2) is 4.79 Å². The monoisotopic (exact) mass is 365 g/mol. The molecule has 7 nitrogen and oxygen atoms in total. The Kier molecular flexibility index (Phi) is 5.83. The van der Waals surface area contributed by atoms with E-state index >= 15 is 0 Å². The van der Waals surface area contributed by atoms with Gasteiger partial charge < -0.3 is 15.4 Å². The lowest BCUT2D eigenvalue weighted by atomic mass is 10.2. The fourth-order valence-electron chi connectivity index (χ4n) is 1.93. The topological polar surface area (TPSA) is 93.5 Å². The number of thiocarbonyl (C=S) groups is 1. The molecule has 0 aliphatic rings. The highest BCUT2D eigenvalue weighted by Crippen LogP contribution is 2.29. The fraction of sp³-hybridized carbons (Fsp3) is 0.200. The molecule has 0 spiro atoms. The number of methoxy groups -OCH3 is 1. The number of anilines is 2. The van der Waals surface area contributed by atoms with E-state index < -0.39 is 10.9 Å². The highest BCUT2D eigenvalue weighted by molar-refractivity contribution is 7.80. The van der Waals surface area contributed by atoms with E-state index in [0.29, 0.717) is 16.3 Å². The summed E-state index contributed by atoms with van der Waals surface area (Å²) in [5, 5.41) is 17.4. The Morgan fingerprint density at radius 2 is 2.12 bits per heavy atom. The zero-order valence-corrected chi connectivity index (χ0v) is 14.6. The summed E-state index contributed by atoms with van der Waals surface area (Å²) in [6, 6.07) is 7.75. The van der Waals surface area contributed by atoms with Crippen molar-refractivity contribution < 1.29 is 14.5 Å². The number of aryl methyl sites for hydroxylation is 1. The normalized spacial score (nSPS) is 10.1. The minimum atomic E-state index is -0.482. The van der Waals surface area contributed by atoms with Crippen LogP contribution in [0.2, 0.25) is 0 Å². The average molecular weight is 365 g/mol. The number of nitrogens with one attached hydrogen (secondary N) is 2. The molecule has 2 aromatic rings. The zero-order chi connectivity index (χ0) is 17.7. The quantitative estimate of drug-likeness (QED) is 0.360. The van der Waals surface area contributed by atoms with Crippen molar-refractivity contribution in [1.82, 2.24) is 0 Å². The van der Waals surface area contributed by atoms with Crippen molar-refractivity contribution in [3.63, 3.8) is 0 Å². The summed E-state index contributed by atoms with van der Waals surface area (Å²) < 4.78 is 4.77. The highest BCUT2D eigenvalue weighted by atomic mass is 32.1. The molecule has 0 saturated heterocycles. The molecular weight excluding hydrogens is 350 g/mol. The van der Waals surface area contributed by atoms with Crippen molar-refractivity contribution in [3.8, 4) is 0 Å². The Hall–Kier alpha value is -2.52. The minimum Gasteiger partial charge on any atom is -0.465 e. The Labute approximate surface area is 147 Å². The molecule has 1 aromatic heterocycles. The molecule has 1 heterocycles. The zero-order valence-electron chi connectivity index (χ0n) is 13.0. The van der Waals surface area contributed by atoms with Gasteiger partial charge in [0.2, 0.25) is 0 Å². The summed E-state index contributed by atoms with van der Waals surface area (Å²) in [5.74, 6) is -0.452. The number of esters is 1. The van der Waals surface area contributed by atoms with E-state index in [1.165, 1.54) is 30.6 Å². The molecule has 0 aliphatic heterocycles. The summed E-state index contributed by atoms with van der Waals surface area (Å²) in [6.07, 6.45) is 0.779. The number of carbonyl (C=O) groups excluding carboxylic acids is 1. The number of non-ortho nitro benzene ring substituents is 1. The van der Waals surface area contributed by atoms with Gasteiger partial charge in [0.05, 0.1) is 17.6 Å². The number of ether oxygens (including phenoxy) is 1. The smallest absolute Gasteiger partial charge is 0.340 e. The summed E-state index contributed by atoms with van der Waals surface area (Å²) in [5.41, 5.74) is 0.846. The summed E-state index contributed by atoms with van der Waals surface area (Å²) in [7, 11) is 1.31. The van der Waals surface area contributed by atoms with E-state index in [1.54, 1.807) is 18.2 Å². The van der Waals surface area contributed by atoms with Crippen LogP contribution in [0.1, 0.15) is 22.2 Å². The third-order valence-electron chi connectivity index (χ3n) is 3.08. The molecule has 126 valence electrons. The van der Waals surface area contributed by atoms with Gasteiger partial charge in [0.1, 0.15) is 5.00 Å². The van der Waals surface area contributed by atoms with Crippen LogP contribution in [0.5, 0.6) is 0 Å². The second kappa shape index (κ2) is 7.84. The maximum Gasteiger partial charge on any atom is 0.340 e. The van der Waals surface area contributed by atoms with Gasteiger partial charge >= 0.3 is 5.97 Å². The molecule has 0 bridgehead atoms. The SMILES string of the molecule is CCc1cc(C(=O)OC)c(NC(=S)Nc2cccc([N+](=O)[O-])c2)s1. The number of rotatable bonds is 5. The first-order chi connectivity index (χ1) is 11.4. The number of carbonyl (C=O) groups is 1. The maximum atomic E-state index is 11.8. The number of thiophene rings is 1. The van der Waals surface area contributed by atoms with E-state index in [2.05, 4.69) is 10.6 Å². The van der Waals surface area contributed by atoms with Crippen molar-refractivity contribution in [3.05, 3.63) is 50.9 Å². The largest absolute Gasteiger partial charge is 0.465 e. The number of hydrogen-bond donors (Lipinski definition) is 2. The highest BCUT2D eigenvalue weighted by Gasteiger charge is 2.17. The van der Waals surface area contributed by atoms with Gasteiger partial charge in [-0.05, 0) is 30.8 Å². The lowest BCUT2D eigenvalue weighted by Crippen LogP contribution is -2.19. The van der Waals surface area contributed by atoms with Crippen LogP contribution >= 0.6 is 23.6 Å². The van der Waals surface area contributed by atoms with Gasteiger partial charge in [0.15, 0.2) is 5.11 Å². The minimum absolute atomic E-state index is 0.0394. The first kappa shape index (κ1) is 17.8. The molecule has 2 rings (SSSR count). The Bertz CT molecular complexity index is 789. The molecule has 0 amide bonds. The van der Waals surface area contributed by atoms with Crippen LogP contribution in [0.3, 0.4) is 0 Å². The molecule has 0 aliphatic carbocycles. The van der Waals surface area contributed by atoms with E-state index in [0.717, 1.165) is 11.3 Å². The van der Waals surface area contributed by atoms with Gasteiger partial charge in [-0.2, -0.15) is 0 Å². The third-order valence-corrected chi connectivity index (χ3v) is 4.48. The van der Waals surface area contributed by atoms with Crippen molar-refractivity contribution in [2.75, 3.05) is 17.7 Å². The van der Waals surface area contributed by atoms with Gasteiger partial charge in [-0.1, -0.05) is 13.0 Å². The lowest BCUT2D eigenvalue weighted by molar-refractivity contribution is -0.384. The van der Waals surface area contributed by atoms with Crippen LogP contribution in [0.25, 0.3) is 0 Å². The summed E-state index contributed by atoms with van der Waals surface area (Å²) in [4.78, 5) is 23.2. The molecule has 0 fully saturated rings. The van der Waals surface area contributed by atoms with Crippen molar-refractivity contribution in [2.24, 2.45) is 0 Å². The predicted molar refractivity (Wildman–Crippen MR) is 98.0 cm³/mol. The maximum absolute atomic E-state index is 11.8. The van der Waals surface area contributed by atoms with Crippen LogP contribution in [0.15, 0.2) is 30.3 Å². The number of nitro benzene ring substituents is 1. The summed E-state index contributed by atoms with van der Waals surface area (Å²) in [6.45, 7) is 1.98. The fourth-order valence-corrected chi connectivity index (χ4v) is 3.21. The van der Waals surface area contributed by atoms with Gasteiger partial charge in [-0.3, -0.25) is 10.1 Å². The molecule has 0 radical (unpaired) electrons. The molecule has 0 unspecified atom stereocenters. The standard InChI is InChI=1S/C15H15N3O4S2/c1-3-11-8-12(14(19)22-2)13(24-11)17-15(23)16-9-5-4-6-10(7-9)18(20)21/h4-8H,3H2,1-2H3,(H2,16,17,23). The number of nitro groups is 1. The Balaban J connectivity index is 2.15. The van der Waals surface area contributed by atoms with Crippen LogP contribution in [-0.2, 0) is 11.2 Å². The molecule has 24 heavy (non-hydrogen) atoms.